The molecule has 1 N–H and O–H groups in total. The fourth-order valence-corrected chi connectivity index (χ4v) is 1.61. The third-order valence-electron chi connectivity index (χ3n) is 2.31. The number of rotatable bonds is 4. The van der Waals surface area contributed by atoms with Gasteiger partial charge in [0.2, 0.25) is 0 Å². The summed E-state index contributed by atoms with van der Waals surface area (Å²) in [6.07, 6.45) is 1.63. The topological polar surface area (TPSA) is 32.6 Å². The number of benzene rings is 1. The first-order chi connectivity index (χ1) is 6.83. The van der Waals surface area contributed by atoms with Crippen molar-refractivity contribution >= 4 is 5.71 Å². The molecule has 0 aromatic heterocycles. The van der Waals surface area contributed by atoms with Crippen molar-refractivity contribution in [3.8, 4) is 0 Å². The highest BCUT2D eigenvalue weighted by Crippen LogP contribution is 2.12. The third-order valence-corrected chi connectivity index (χ3v) is 2.31. The molecule has 0 atom stereocenters. The van der Waals surface area contributed by atoms with Gasteiger partial charge in [-0.1, -0.05) is 31.2 Å². The van der Waals surface area contributed by atoms with Gasteiger partial charge in [0.05, 0.1) is 0 Å². The molecule has 0 amide bonds. The maximum Gasteiger partial charge on any atom is 0.0471 e. The second-order valence-electron chi connectivity index (χ2n) is 3.15. The van der Waals surface area contributed by atoms with Crippen LogP contribution in [0, 0.1) is 0 Å². The first-order valence-corrected chi connectivity index (χ1v) is 4.98. The Kier molecular flexibility index (Phi) is 4.33. The van der Waals surface area contributed by atoms with Crippen LogP contribution in [0.1, 0.15) is 24.5 Å². The van der Waals surface area contributed by atoms with Crippen LogP contribution in [-0.2, 0) is 6.42 Å². The van der Waals surface area contributed by atoms with E-state index in [-0.39, 0.29) is 6.61 Å². The molecule has 1 aromatic carbocycles. The van der Waals surface area contributed by atoms with Gasteiger partial charge in [0.15, 0.2) is 0 Å². The highest BCUT2D eigenvalue weighted by Gasteiger charge is 2.05. The third kappa shape index (κ3) is 2.42. The Morgan fingerprint density at radius 1 is 1.36 bits per heavy atom. The van der Waals surface area contributed by atoms with E-state index in [2.05, 4.69) is 18.0 Å². The van der Waals surface area contributed by atoms with Gasteiger partial charge in [0.25, 0.3) is 0 Å². The van der Waals surface area contributed by atoms with E-state index >= 15 is 0 Å². The predicted octanol–water partition coefficient (Wildman–Crippen LogP) is 2.05. The molecule has 0 unspecified atom stereocenters. The van der Waals surface area contributed by atoms with Crippen molar-refractivity contribution < 1.29 is 5.11 Å². The fraction of sp³-hybridized carbons (Fsp3) is 0.417. The van der Waals surface area contributed by atoms with Crippen LogP contribution in [0.15, 0.2) is 29.3 Å². The van der Waals surface area contributed by atoms with Crippen LogP contribution in [0.2, 0.25) is 0 Å². The molecule has 76 valence electrons. The van der Waals surface area contributed by atoms with Crippen LogP contribution >= 0.6 is 0 Å². The number of hydrogen-bond donors (Lipinski definition) is 1. The number of aliphatic hydroxyl groups excluding tert-OH is 1. The molecule has 0 saturated carbocycles. The van der Waals surface area contributed by atoms with Gasteiger partial charge in [-0.05, 0) is 24.0 Å². The molecule has 0 saturated heterocycles. The SMILES string of the molecule is CC/C(=N/C)c1ccccc1CCO. The van der Waals surface area contributed by atoms with Gasteiger partial charge in [0, 0.05) is 19.4 Å². The van der Waals surface area contributed by atoms with Crippen LogP contribution in [-0.4, -0.2) is 24.5 Å². The molecule has 0 radical (unpaired) electrons. The van der Waals surface area contributed by atoms with Crippen LogP contribution in [0.5, 0.6) is 0 Å². The molecule has 14 heavy (non-hydrogen) atoms. The van der Waals surface area contributed by atoms with E-state index in [9.17, 15) is 0 Å². The molecule has 2 heteroatoms. The van der Waals surface area contributed by atoms with Crippen LogP contribution in [0.3, 0.4) is 0 Å². The van der Waals surface area contributed by atoms with Gasteiger partial charge in [-0.2, -0.15) is 0 Å². The van der Waals surface area contributed by atoms with Crippen molar-refractivity contribution in [1.29, 1.82) is 0 Å². The van der Waals surface area contributed by atoms with E-state index in [1.54, 1.807) is 0 Å². The molecule has 1 aromatic rings. The summed E-state index contributed by atoms with van der Waals surface area (Å²) in [5, 5.41) is 8.93. The van der Waals surface area contributed by atoms with Gasteiger partial charge in [-0.3, -0.25) is 4.99 Å². The first kappa shape index (κ1) is 10.9. The predicted molar refractivity (Wildman–Crippen MR) is 60.0 cm³/mol. The summed E-state index contributed by atoms with van der Waals surface area (Å²) in [4.78, 5) is 4.25. The molecular weight excluding hydrogens is 174 g/mol. The van der Waals surface area contributed by atoms with Gasteiger partial charge < -0.3 is 5.11 Å². The lowest BCUT2D eigenvalue weighted by atomic mass is 9.99. The Labute approximate surface area is 85.3 Å². The molecule has 0 heterocycles. The molecule has 2 nitrogen and oxygen atoms in total. The van der Waals surface area contributed by atoms with Gasteiger partial charge in [-0.25, -0.2) is 0 Å². The lowest BCUT2D eigenvalue weighted by Crippen LogP contribution is -2.05. The van der Waals surface area contributed by atoms with E-state index in [0.717, 1.165) is 12.1 Å². The van der Waals surface area contributed by atoms with Crippen LogP contribution < -0.4 is 0 Å². The summed E-state index contributed by atoms with van der Waals surface area (Å²) in [5.74, 6) is 0. The quantitative estimate of drug-likeness (QED) is 0.726. The average Bonchev–Trinajstić information content (AvgIpc) is 2.23. The lowest BCUT2D eigenvalue weighted by Gasteiger charge is -2.09. The maximum atomic E-state index is 8.93. The molecule has 0 aliphatic carbocycles. The summed E-state index contributed by atoms with van der Waals surface area (Å²) in [7, 11) is 1.81. The largest absolute Gasteiger partial charge is 0.396 e. The van der Waals surface area contributed by atoms with E-state index < -0.39 is 0 Å². The Hall–Kier alpha value is -1.15. The van der Waals surface area contributed by atoms with Crippen molar-refractivity contribution in [3.05, 3.63) is 35.4 Å². The number of aliphatic hydroxyl groups is 1. The number of nitrogens with zero attached hydrogens (tertiary/aromatic N) is 1. The molecular formula is C12H17NO. The molecule has 0 bridgehead atoms. The van der Waals surface area contributed by atoms with Crippen molar-refractivity contribution in [2.45, 2.75) is 19.8 Å². The molecule has 1 rings (SSSR count). The number of hydrogen-bond acceptors (Lipinski definition) is 2. The molecule has 0 fully saturated rings. The summed E-state index contributed by atoms with van der Waals surface area (Å²) in [6, 6.07) is 8.12. The zero-order valence-corrected chi connectivity index (χ0v) is 8.83. The zero-order chi connectivity index (χ0) is 10.4. The molecule has 0 aliphatic heterocycles. The standard InChI is InChI=1S/C12H17NO/c1-3-12(13-2)11-7-5-4-6-10(11)8-9-14/h4-7,14H,3,8-9H2,1-2H3/b13-12-. The zero-order valence-electron chi connectivity index (χ0n) is 8.83. The van der Waals surface area contributed by atoms with E-state index in [1.807, 2.05) is 25.2 Å². The summed E-state index contributed by atoms with van der Waals surface area (Å²) in [6.45, 7) is 2.29. The highest BCUT2D eigenvalue weighted by molar-refractivity contribution is 6.01. The normalized spacial score (nSPS) is 11.8. The summed E-state index contributed by atoms with van der Waals surface area (Å²) >= 11 is 0. The Morgan fingerprint density at radius 3 is 2.64 bits per heavy atom. The first-order valence-electron chi connectivity index (χ1n) is 4.98. The fourth-order valence-electron chi connectivity index (χ4n) is 1.61. The van der Waals surface area contributed by atoms with E-state index in [4.69, 9.17) is 5.11 Å². The lowest BCUT2D eigenvalue weighted by molar-refractivity contribution is 0.299. The highest BCUT2D eigenvalue weighted by atomic mass is 16.2. The summed E-state index contributed by atoms with van der Waals surface area (Å²) < 4.78 is 0. The van der Waals surface area contributed by atoms with Gasteiger partial charge >= 0.3 is 0 Å². The van der Waals surface area contributed by atoms with Crippen molar-refractivity contribution in [3.63, 3.8) is 0 Å². The van der Waals surface area contributed by atoms with Crippen molar-refractivity contribution in [2.75, 3.05) is 13.7 Å². The van der Waals surface area contributed by atoms with Crippen LogP contribution in [0.25, 0.3) is 0 Å². The van der Waals surface area contributed by atoms with Crippen molar-refractivity contribution in [2.24, 2.45) is 4.99 Å². The van der Waals surface area contributed by atoms with E-state index in [1.165, 1.54) is 11.1 Å². The maximum absolute atomic E-state index is 8.93. The average molecular weight is 191 g/mol. The molecule has 0 aliphatic rings. The minimum atomic E-state index is 0.192. The minimum Gasteiger partial charge on any atom is -0.396 e. The second-order valence-corrected chi connectivity index (χ2v) is 3.15. The minimum absolute atomic E-state index is 0.192. The Morgan fingerprint density at radius 2 is 2.07 bits per heavy atom. The van der Waals surface area contributed by atoms with Gasteiger partial charge in [-0.15, -0.1) is 0 Å². The van der Waals surface area contributed by atoms with Crippen LogP contribution in [0.4, 0.5) is 0 Å². The Balaban J connectivity index is 3.05. The van der Waals surface area contributed by atoms with Crippen molar-refractivity contribution in [1.82, 2.24) is 0 Å². The second kappa shape index (κ2) is 5.55. The van der Waals surface area contributed by atoms with E-state index in [0.29, 0.717) is 6.42 Å². The number of aliphatic imine (C=N–C) groups is 1. The Bertz CT molecular complexity index is 318. The monoisotopic (exact) mass is 191 g/mol. The smallest absolute Gasteiger partial charge is 0.0471 e. The summed E-state index contributed by atoms with van der Waals surface area (Å²) in [5.41, 5.74) is 3.46. The van der Waals surface area contributed by atoms with Gasteiger partial charge in [0.1, 0.15) is 0 Å². The molecule has 0 spiro atoms.